The Morgan fingerprint density at radius 3 is 2.49 bits per heavy atom. The fraction of sp³-hybridized carbons (Fsp3) is 0.724. The summed E-state index contributed by atoms with van der Waals surface area (Å²) in [6, 6.07) is 5.52. The lowest BCUT2D eigenvalue weighted by Gasteiger charge is -2.31. The van der Waals surface area contributed by atoms with E-state index in [0.717, 1.165) is 76.6 Å². The maximum absolute atomic E-state index is 13.5. The molecule has 8 heteroatoms. The van der Waals surface area contributed by atoms with Gasteiger partial charge in [-0.15, -0.1) is 0 Å². The molecule has 1 aromatic carbocycles. The largest absolute Gasteiger partial charge is 0.481 e. The van der Waals surface area contributed by atoms with Crippen LogP contribution in [0.2, 0.25) is 0 Å². The van der Waals surface area contributed by atoms with Crippen molar-refractivity contribution in [3.63, 3.8) is 0 Å². The number of amides is 1. The quantitative estimate of drug-likeness (QED) is 0.408. The van der Waals surface area contributed by atoms with Gasteiger partial charge in [-0.1, -0.05) is 32.8 Å². The summed E-state index contributed by atoms with van der Waals surface area (Å²) >= 11 is 0. The first-order valence-corrected chi connectivity index (χ1v) is 14.3. The number of aliphatic carboxylic acids is 1. The Morgan fingerprint density at radius 2 is 1.81 bits per heavy atom. The van der Waals surface area contributed by atoms with Crippen molar-refractivity contribution in [3.05, 3.63) is 23.8 Å². The van der Waals surface area contributed by atoms with Gasteiger partial charge in [0.05, 0.1) is 18.6 Å². The third kappa shape index (κ3) is 6.96. The molecule has 0 saturated carbocycles. The SMILES string of the molecule is CCCCN(CCCC)C(=O)CN1CC(c2ccc3c(c2)OCO3)C(C(=O)O)C1CCC1CCCCO1. The predicted molar refractivity (Wildman–Crippen MR) is 141 cm³/mol. The van der Waals surface area contributed by atoms with Gasteiger partial charge in [-0.25, -0.2) is 0 Å². The summed E-state index contributed by atoms with van der Waals surface area (Å²) in [6.45, 7) is 7.56. The van der Waals surface area contributed by atoms with Crippen LogP contribution < -0.4 is 9.47 Å². The highest BCUT2D eigenvalue weighted by Gasteiger charge is 2.47. The summed E-state index contributed by atoms with van der Waals surface area (Å²) in [7, 11) is 0. The van der Waals surface area contributed by atoms with E-state index in [4.69, 9.17) is 14.2 Å². The number of carboxylic acids is 1. The second-order valence-electron chi connectivity index (χ2n) is 10.7. The maximum atomic E-state index is 13.5. The summed E-state index contributed by atoms with van der Waals surface area (Å²) in [5.74, 6) is -0.173. The van der Waals surface area contributed by atoms with Gasteiger partial charge < -0.3 is 24.2 Å². The molecule has 0 radical (unpaired) electrons. The number of likely N-dealkylation sites (tertiary alicyclic amines) is 1. The van der Waals surface area contributed by atoms with Crippen LogP contribution in [0.15, 0.2) is 18.2 Å². The summed E-state index contributed by atoms with van der Waals surface area (Å²) in [5, 5.41) is 10.4. The van der Waals surface area contributed by atoms with E-state index in [-0.39, 0.29) is 37.3 Å². The molecule has 0 aliphatic carbocycles. The molecular weight excluding hydrogens is 472 g/mol. The van der Waals surface area contributed by atoms with E-state index in [1.165, 1.54) is 0 Å². The van der Waals surface area contributed by atoms with Gasteiger partial charge in [0.1, 0.15) is 0 Å². The van der Waals surface area contributed by atoms with Crippen LogP contribution in [0.5, 0.6) is 11.5 Å². The Balaban J connectivity index is 1.55. The van der Waals surface area contributed by atoms with E-state index in [1.54, 1.807) is 0 Å². The van der Waals surface area contributed by atoms with E-state index >= 15 is 0 Å². The molecule has 3 heterocycles. The minimum atomic E-state index is -0.805. The summed E-state index contributed by atoms with van der Waals surface area (Å²) in [5.41, 5.74) is 0.930. The van der Waals surface area contributed by atoms with Crippen molar-refractivity contribution < 1.29 is 28.9 Å². The minimum Gasteiger partial charge on any atom is -0.481 e. The molecule has 0 aromatic heterocycles. The number of carbonyl (C=O) groups is 2. The van der Waals surface area contributed by atoms with Crippen LogP contribution in [0.25, 0.3) is 0 Å². The van der Waals surface area contributed by atoms with Gasteiger partial charge in [0, 0.05) is 38.2 Å². The molecule has 2 fully saturated rings. The molecule has 1 N–H and O–H groups in total. The van der Waals surface area contributed by atoms with Crippen LogP contribution >= 0.6 is 0 Å². The molecule has 3 aliphatic heterocycles. The molecule has 4 rings (SSSR count). The highest BCUT2D eigenvalue weighted by Crippen LogP contribution is 2.43. The molecule has 0 bridgehead atoms. The van der Waals surface area contributed by atoms with E-state index in [0.29, 0.717) is 24.5 Å². The van der Waals surface area contributed by atoms with Crippen molar-refractivity contribution in [2.75, 3.05) is 39.6 Å². The van der Waals surface area contributed by atoms with E-state index in [2.05, 4.69) is 18.7 Å². The van der Waals surface area contributed by atoms with Crippen LogP contribution in [-0.4, -0.2) is 78.5 Å². The lowest BCUT2D eigenvalue weighted by atomic mass is 9.83. The van der Waals surface area contributed by atoms with Gasteiger partial charge >= 0.3 is 5.97 Å². The van der Waals surface area contributed by atoms with Gasteiger partial charge in [-0.2, -0.15) is 0 Å². The molecular formula is C29H44N2O6. The zero-order chi connectivity index (χ0) is 26.2. The Hall–Kier alpha value is -2.32. The summed E-state index contributed by atoms with van der Waals surface area (Å²) < 4.78 is 17.0. The third-order valence-electron chi connectivity index (χ3n) is 8.17. The molecule has 3 aliphatic rings. The highest BCUT2D eigenvalue weighted by atomic mass is 16.7. The lowest BCUT2D eigenvalue weighted by Crippen LogP contribution is -2.45. The van der Waals surface area contributed by atoms with Crippen LogP contribution in [-0.2, 0) is 14.3 Å². The second-order valence-corrected chi connectivity index (χ2v) is 10.7. The second kappa shape index (κ2) is 13.5. The van der Waals surface area contributed by atoms with Crippen molar-refractivity contribution in [2.45, 2.75) is 89.7 Å². The monoisotopic (exact) mass is 516 g/mol. The molecule has 0 spiro atoms. The average Bonchev–Trinajstić information content (AvgIpc) is 3.52. The number of unbranched alkanes of at least 4 members (excludes halogenated alkanes) is 2. The van der Waals surface area contributed by atoms with Crippen molar-refractivity contribution in [1.82, 2.24) is 9.80 Å². The standard InChI is InChI=1S/C29H44N2O6/c1-3-5-14-30(15-6-4-2)27(32)19-31-18-23(21-10-13-25-26(17-21)37-20-36-25)28(29(33)34)24(31)12-11-22-9-7-8-16-35-22/h10,13,17,22-24,28H,3-9,11-12,14-16,18-20H2,1-2H3,(H,33,34). The number of hydrogen-bond acceptors (Lipinski definition) is 6. The summed E-state index contributed by atoms with van der Waals surface area (Å²) in [4.78, 5) is 30.4. The average molecular weight is 517 g/mol. The first-order chi connectivity index (χ1) is 18.0. The third-order valence-corrected chi connectivity index (χ3v) is 8.17. The molecule has 1 aromatic rings. The Labute approximate surface area is 221 Å². The highest BCUT2D eigenvalue weighted by molar-refractivity contribution is 5.79. The van der Waals surface area contributed by atoms with Gasteiger partial charge in [0.15, 0.2) is 11.5 Å². The predicted octanol–water partition coefficient (Wildman–Crippen LogP) is 4.66. The molecule has 1 amide bonds. The number of hydrogen-bond donors (Lipinski definition) is 1. The molecule has 4 atom stereocenters. The van der Waals surface area contributed by atoms with E-state index < -0.39 is 11.9 Å². The van der Waals surface area contributed by atoms with Crippen molar-refractivity contribution >= 4 is 11.9 Å². The van der Waals surface area contributed by atoms with Gasteiger partial charge in [0.25, 0.3) is 0 Å². The number of rotatable bonds is 13. The number of carboxylic acid groups (broad SMARTS) is 1. The number of ether oxygens (including phenoxy) is 3. The van der Waals surface area contributed by atoms with Gasteiger partial charge in [0.2, 0.25) is 12.7 Å². The smallest absolute Gasteiger partial charge is 0.308 e. The molecule has 2 saturated heterocycles. The van der Waals surface area contributed by atoms with Crippen LogP contribution in [0, 0.1) is 5.92 Å². The number of benzene rings is 1. The normalized spacial score (nSPS) is 25.4. The molecule has 8 nitrogen and oxygen atoms in total. The Bertz CT molecular complexity index is 894. The Kier molecular flexibility index (Phi) is 10.1. The first kappa shape index (κ1) is 27.7. The van der Waals surface area contributed by atoms with E-state index in [1.807, 2.05) is 23.1 Å². The number of fused-ring (bicyclic) bond motifs is 1. The minimum absolute atomic E-state index is 0.108. The fourth-order valence-electron chi connectivity index (χ4n) is 6.06. The van der Waals surface area contributed by atoms with E-state index in [9.17, 15) is 14.7 Å². The van der Waals surface area contributed by atoms with Gasteiger partial charge in [-0.3, -0.25) is 14.5 Å². The number of carbonyl (C=O) groups excluding carboxylic acids is 1. The Morgan fingerprint density at radius 1 is 1.05 bits per heavy atom. The zero-order valence-corrected chi connectivity index (χ0v) is 22.5. The van der Waals surface area contributed by atoms with Gasteiger partial charge in [-0.05, 0) is 62.6 Å². The molecule has 4 unspecified atom stereocenters. The van der Waals surface area contributed by atoms with Crippen molar-refractivity contribution in [2.24, 2.45) is 5.92 Å². The fourth-order valence-corrected chi connectivity index (χ4v) is 6.06. The van der Waals surface area contributed by atoms with Crippen LogP contribution in [0.1, 0.15) is 83.1 Å². The summed E-state index contributed by atoms with van der Waals surface area (Å²) in [6.07, 6.45) is 9.02. The van der Waals surface area contributed by atoms with Crippen LogP contribution in [0.3, 0.4) is 0 Å². The maximum Gasteiger partial charge on any atom is 0.308 e. The number of nitrogens with zero attached hydrogens (tertiary/aromatic N) is 2. The zero-order valence-electron chi connectivity index (χ0n) is 22.5. The van der Waals surface area contributed by atoms with Crippen molar-refractivity contribution in [3.8, 4) is 11.5 Å². The lowest BCUT2D eigenvalue weighted by molar-refractivity contribution is -0.144. The molecule has 37 heavy (non-hydrogen) atoms. The van der Waals surface area contributed by atoms with Crippen molar-refractivity contribution in [1.29, 1.82) is 0 Å². The van der Waals surface area contributed by atoms with Crippen LogP contribution in [0.4, 0.5) is 0 Å². The topological polar surface area (TPSA) is 88.5 Å². The molecule has 206 valence electrons. The first-order valence-electron chi connectivity index (χ1n) is 14.3.